The number of hydrogen-bond acceptors (Lipinski definition) is 10. The summed E-state index contributed by atoms with van der Waals surface area (Å²) >= 11 is 0. The first-order chi connectivity index (χ1) is 38.2. The molecular formula is C64H74N6O9. The van der Waals surface area contributed by atoms with Crippen LogP contribution in [0.1, 0.15) is 139 Å². The van der Waals surface area contributed by atoms with Gasteiger partial charge in [-0.05, 0) is 160 Å². The molecule has 4 heterocycles. The highest BCUT2D eigenvalue weighted by molar-refractivity contribution is 6.13. The van der Waals surface area contributed by atoms with E-state index in [1.165, 1.54) is 5.56 Å². The van der Waals surface area contributed by atoms with Crippen molar-refractivity contribution in [3.8, 4) is 17.2 Å². The van der Waals surface area contributed by atoms with E-state index in [-0.39, 0.29) is 73.3 Å². The summed E-state index contributed by atoms with van der Waals surface area (Å²) in [6.45, 7) is 9.35. The summed E-state index contributed by atoms with van der Waals surface area (Å²) in [6.07, 6.45) is 11.7. The quantitative estimate of drug-likeness (QED) is 0.0290. The van der Waals surface area contributed by atoms with Crippen molar-refractivity contribution in [2.45, 2.75) is 143 Å². The number of nitrogens with one attached hydrogen (secondary N) is 3. The van der Waals surface area contributed by atoms with Crippen LogP contribution in [0.5, 0.6) is 17.2 Å². The fraction of sp³-hybridized carbons (Fsp3) is 0.422. The number of benzene rings is 5. The van der Waals surface area contributed by atoms with Crippen LogP contribution in [0, 0.1) is 12.8 Å². The average molecular weight is 1070 g/mol. The molecule has 0 fully saturated rings. The molecule has 9 rings (SSSR count). The Balaban J connectivity index is 0.875. The Kier molecular flexibility index (Phi) is 18.1. The predicted octanol–water partition coefficient (Wildman–Crippen LogP) is 9.82. The van der Waals surface area contributed by atoms with Gasteiger partial charge in [0, 0.05) is 78.1 Å². The van der Waals surface area contributed by atoms with Crippen molar-refractivity contribution in [2.24, 2.45) is 5.92 Å². The fourth-order valence-electron chi connectivity index (χ4n) is 11.4. The van der Waals surface area contributed by atoms with Gasteiger partial charge < -0.3 is 44.5 Å². The van der Waals surface area contributed by atoms with Gasteiger partial charge in [0.25, 0.3) is 5.91 Å². The maximum Gasteiger partial charge on any atom is 0.258 e. The number of carbonyl (C=O) groups is 6. The Bertz CT molecular complexity index is 3170. The van der Waals surface area contributed by atoms with Crippen LogP contribution in [0.25, 0.3) is 0 Å². The van der Waals surface area contributed by atoms with Gasteiger partial charge in [-0.3, -0.25) is 28.8 Å². The van der Waals surface area contributed by atoms with Gasteiger partial charge in [-0.2, -0.15) is 0 Å². The molecule has 4 aliphatic rings. The maximum atomic E-state index is 14.2. The van der Waals surface area contributed by atoms with Crippen LogP contribution in [0.2, 0.25) is 0 Å². The topological polar surface area (TPSA) is 176 Å². The molecule has 0 saturated heterocycles. The van der Waals surface area contributed by atoms with E-state index in [0.29, 0.717) is 89.4 Å². The molecule has 5 aromatic carbocycles. The molecule has 0 aliphatic carbocycles. The molecule has 4 aliphatic heterocycles. The van der Waals surface area contributed by atoms with Gasteiger partial charge in [-0.15, -0.1) is 0 Å². The molecule has 0 spiro atoms. The van der Waals surface area contributed by atoms with Crippen molar-refractivity contribution in [2.75, 3.05) is 42.4 Å². The van der Waals surface area contributed by atoms with Gasteiger partial charge in [0.05, 0.1) is 18.8 Å². The van der Waals surface area contributed by atoms with Crippen molar-refractivity contribution in [1.82, 2.24) is 10.6 Å². The lowest BCUT2D eigenvalue weighted by molar-refractivity contribution is -0.401. The Morgan fingerprint density at radius 2 is 1.39 bits per heavy atom. The van der Waals surface area contributed by atoms with Crippen molar-refractivity contribution in [3.63, 3.8) is 0 Å². The van der Waals surface area contributed by atoms with Crippen LogP contribution in [0.3, 0.4) is 0 Å². The molecule has 4 amide bonds. The molecule has 5 aromatic rings. The molecule has 15 nitrogen and oxygen atoms in total. The van der Waals surface area contributed by atoms with Crippen molar-refractivity contribution in [3.05, 3.63) is 136 Å². The second-order valence-corrected chi connectivity index (χ2v) is 21.6. The average Bonchev–Trinajstić information content (AvgIpc) is 4.14. The van der Waals surface area contributed by atoms with E-state index < -0.39 is 12.0 Å². The lowest BCUT2D eigenvalue weighted by atomic mass is 9.99. The van der Waals surface area contributed by atoms with E-state index in [2.05, 4.69) is 41.2 Å². The van der Waals surface area contributed by atoms with Crippen LogP contribution >= 0.6 is 0 Å². The number of fused-ring (bicyclic) bond motifs is 8. The number of ether oxygens (including phenoxy) is 3. The summed E-state index contributed by atoms with van der Waals surface area (Å²) < 4.78 is 20.8. The van der Waals surface area contributed by atoms with Crippen LogP contribution in [0.4, 0.5) is 22.7 Å². The highest BCUT2D eigenvalue weighted by Crippen LogP contribution is 2.42. The van der Waals surface area contributed by atoms with E-state index in [4.69, 9.17) is 14.2 Å². The zero-order valence-electron chi connectivity index (χ0n) is 46.5. The minimum absolute atomic E-state index is 0.0597. The molecule has 0 radical (unpaired) electrons. The Hall–Kier alpha value is -7.65. The third-order valence-corrected chi connectivity index (χ3v) is 15.7. The zero-order chi connectivity index (χ0) is 55.7. The second-order valence-electron chi connectivity index (χ2n) is 21.6. The third-order valence-electron chi connectivity index (χ3n) is 15.7. The number of ketones is 2. The van der Waals surface area contributed by atoms with Crippen molar-refractivity contribution < 1.29 is 47.6 Å². The lowest BCUT2D eigenvalue weighted by Gasteiger charge is -2.23. The summed E-state index contributed by atoms with van der Waals surface area (Å²) in [4.78, 5) is 84.6. The minimum Gasteiger partial charge on any atom is -0.493 e. The molecule has 3 N–H and O–H groups in total. The number of para-hydroxylation sites is 2. The molecule has 0 saturated carbocycles. The number of methoxy groups -OCH3 is 1. The van der Waals surface area contributed by atoms with E-state index in [1.54, 1.807) is 27.0 Å². The normalized spacial score (nSPS) is 16.7. The molecule has 0 aromatic heterocycles. The second kappa shape index (κ2) is 25.4. The minimum atomic E-state index is -0.799. The first kappa shape index (κ1) is 56.1. The van der Waals surface area contributed by atoms with Crippen LogP contribution in [-0.4, -0.2) is 91.4 Å². The number of nitrogens with zero attached hydrogens (tertiary/aromatic N) is 3. The largest absolute Gasteiger partial charge is 0.493 e. The number of aryl methyl sites for hydroxylation is 2. The van der Waals surface area contributed by atoms with Crippen molar-refractivity contribution >= 4 is 64.2 Å². The van der Waals surface area contributed by atoms with Gasteiger partial charge in [-0.25, -0.2) is 0 Å². The summed E-state index contributed by atoms with van der Waals surface area (Å²) in [5, 5.41) is 9.10. The Morgan fingerprint density at radius 3 is 2.11 bits per heavy atom. The van der Waals surface area contributed by atoms with E-state index in [1.807, 2.05) is 101 Å². The summed E-state index contributed by atoms with van der Waals surface area (Å²) in [7, 11) is 3.44. The molecule has 414 valence electrons. The summed E-state index contributed by atoms with van der Waals surface area (Å²) in [5.74, 6) is -0.152. The van der Waals surface area contributed by atoms with Crippen molar-refractivity contribution in [1.29, 1.82) is 0 Å². The Labute approximate surface area is 464 Å². The number of amides is 4. The number of hydrogen-bond donors (Lipinski definition) is 3. The zero-order valence-corrected chi connectivity index (χ0v) is 46.5. The summed E-state index contributed by atoms with van der Waals surface area (Å²) in [5.41, 5.74) is 9.45. The highest BCUT2D eigenvalue weighted by atomic mass is 16.5. The fourth-order valence-corrected chi connectivity index (χ4v) is 11.4. The smallest absolute Gasteiger partial charge is 0.258 e. The van der Waals surface area contributed by atoms with Gasteiger partial charge in [0.15, 0.2) is 17.3 Å². The number of carbonyl (C=O) groups excluding carboxylic acids is 6. The van der Waals surface area contributed by atoms with Crippen LogP contribution < -0.4 is 40.0 Å². The van der Waals surface area contributed by atoms with Gasteiger partial charge in [0.2, 0.25) is 17.7 Å². The molecule has 0 unspecified atom stereocenters. The van der Waals surface area contributed by atoms with E-state index >= 15 is 0 Å². The first-order valence-corrected chi connectivity index (χ1v) is 28.1. The maximum absolute atomic E-state index is 14.2. The number of rotatable bonds is 25. The lowest BCUT2D eigenvalue weighted by Crippen LogP contribution is -2.39. The molecular weight excluding hydrogens is 997 g/mol. The standard InChI is InChI=1S/C64H74N6O9/c1-7-65-26-16-8-9-19-51(71)20-12-15-23-61(73)66-42(4)57(72)28-41(3)62(74)67-48-30-43(38-78-58-36-56-53(27-40(58)2)64(76)70-50(37-68(56)5)33-47-18-11-14-22-55(47)70)29-44(31-48)39-79-60-34-45-24-25-49-32-46-17-10-13-21-54(46)69(49)63(75)52(45)35-59(60)77-6/h10-11,13-14,17-18,21-22,27,29-31,34-36,41-42,49-50,65H,7-9,12,15-16,19-20,23-26,28,32-33,38-39H2,1-6H3,(H,66,73)(H,67,74)/t41-,42+,49-,50+/m1/s1. The van der Waals surface area contributed by atoms with Crippen LogP contribution in [-0.2, 0) is 51.7 Å². The molecule has 79 heavy (non-hydrogen) atoms. The van der Waals surface area contributed by atoms with Crippen LogP contribution in [0.15, 0.2) is 91.0 Å². The molecule has 0 bridgehead atoms. The molecule has 4 atom stereocenters. The first-order valence-electron chi connectivity index (χ1n) is 28.1. The summed E-state index contributed by atoms with van der Waals surface area (Å²) in [6, 6.07) is 28.0. The Morgan fingerprint density at radius 1 is 0.734 bits per heavy atom. The third kappa shape index (κ3) is 13.1. The SMILES string of the molecule is CCNCCCCCC(=O)CCCCC(=O)N[C@@H](C)C(=O)C[C@@H](C)C(=O)Nc1cc(COc2cc3c(cc2C)C(=O)N2c4ccccc4C[C@H]2[C-]=[N+]3C)cc(COc2cc3c(cc2OC)C(=O)N2c4ccccc4C[C@H]2CC3)c1. The van der Waals surface area contributed by atoms with Gasteiger partial charge in [0.1, 0.15) is 31.8 Å². The van der Waals surface area contributed by atoms with Gasteiger partial charge in [-0.1, -0.05) is 62.7 Å². The number of Topliss-reactive ketones (excluding diaryl/α,β-unsaturated/α-hetero) is 2. The van der Waals surface area contributed by atoms with E-state index in [9.17, 15) is 28.8 Å². The molecule has 15 heteroatoms. The monoisotopic (exact) mass is 1070 g/mol. The van der Waals surface area contributed by atoms with Gasteiger partial charge >= 0.3 is 0 Å². The van der Waals surface area contributed by atoms with E-state index in [0.717, 1.165) is 73.3 Å². The number of unbranched alkanes of at least 4 members (excludes halogenated alkanes) is 3. The predicted molar refractivity (Wildman–Crippen MR) is 305 cm³/mol. The highest BCUT2D eigenvalue weighted by Gasteiger charge is 2.38. The number of anilines is 3.